The molecule has 19 heavy (non-hydrogen) atoms. The van der Waals surface area contributed by atoms with Crippen molar-refractivity contribution in [2.24, 2.45) is 5.92 Å². The Morgan fingerprint density at radius 3 is 2.68 bits per heavy atom. The monoisotopic (exact) mass is 254 g/mol. The van der Waals surface area contributed by atoms with Gasteiger partial charge in [-0.2, -0.15) is 4.98 Å². The lowest BCUT2D eigenvalue weighted by atomic mass is 9.83. The Morgan fingerprint density at radius 2 is 1.89 bits per heavy atom. The maximum absolute atomic E-state index is 5.97. The van der Waals surface area contributed by atoms with Gasteiger partial charge < -0.3 is 11.5 Å². The summed E-state index contributed by atoms with van der Waals surface area (Å²) >= 11 is 0. The highest BCUT2D eigenvalue weighted by atomic mass is 15.0. The van der Waals surface area contributed by atoms with Gasteiger partial charge in [-0.15, -0.1) is 0 Å². The second-order valence-electron chi connectivity index (χ2n) is 5.19. The highest BCUT2D eigenvalue weighted by Crippen LogP contribution is 2.29. The van der Waals surface area contributed by atoms with E-state index in [1.807, 2.05) is 6.07 Å². The molecular formula is C15H18N4. The molecule has 0 radical (unpaired) electrons. The first kappa shape index (κ1) is 12.0. The van der Waals surface area contributed by atoms with Gasteiger partial charge >= 0.3 is 0 Å². The van der Waals surface area contributed by atoms with Crippen LogP contribution in [0, 0.1) is 5.92 Å². The zero-order chi connectivity index (χ0) is 13.2. The van der Waals surface area contributed by atoms with Gasteiger partial charge in [0.15, 0.2) is 0 Å². The van der Waals surface area contributed by atoms with Gasteiger partial charge in [-0.3, -0.25) is 0 Å². The van der Waals surface area contributed by atoms with Crippen LogP contribution < -0.4 is 11.5 Å². The molecule has 4 heteroatoms. The lowest BCUT2D eigenvalue weighted by Gasteiger charge is -2.24. The summed E-state index contributed by atoms with van der Waals surface area (Å²) in [5, 5.41) is 0. The molecule has 0 saturated heterocycles. The molecule has 98 valence electrons. The molecule has 0 amide bonds. The Kier molecular flexibility index (Phi) is 3.07. The zero-order valence-corrected chi connectivity index (χ0v) is 10.8. The van der Waals surface area contributed by atoms with Gasteiger partial charge in [0.05, 0.1) is 5.69 Å². The third-order valence-corrected chi connectivity index (χ3v) is 3.79. The average molecular weight is 254 g/mol. The summed E-state index contributed by atoms with van der Waals surface area (Å²) in [4.78, 5) is 8.38. The molecule has 0 bridgehead atoms. The number of hydrogen-bond acceptors (Lipinski definition) is 4. The van der Waals surface area contributed by atoms with Crippen molar-refractivity contribution in [1.82, 2.24) is 9.97 Å². The van der Waals surface area contributed by atoms with Crippen molar-refractivity contribution in [3.63, 3.8) is 0 Å². The molecule has 1 aromatic carbocycles. The fourth-order valence-electron chi connectivity index (χ4n) is 2.85. The molecule has 1 aliphatic rings. The van der Waals surface area contributed by atoms with Gasteiger partial charge in [0.2, 0.25) is 5.95 Å². The van der Waals surface area contributed by atoms with E-state index >= 15 is 0 Å². The minimum Gasteiger partial charge on any atom is -0.383 e. The molecule has 1 heterocycles. The number of rotatable bonds is 2. The van der Waals surface area contributed by atoms with E-state index in [-0.39, 0.29) is 5.95 Å². The van der Waals surface area contributed by atoms with Crippen molar-refractivity contribution in [2.45, 2.75) is 25.7 Å². The van der Waals surface area contributed by atoms with Crippen LogP contribution in [0.3, 0.4) is 0 Å². The van der Waals surface area contributed by atoms with Crippen molar-refractivity contribution in [2.75, 3.05) is 11.5 Å². The van der Waals surface area contributed by atoms with Crippen molar-refractivity contribution >= 4 is 11.8 Å². The number of nitrogen functional groups attached to an aromatic ring is 2. The number of benzene rings is 1. The van der Waals surface area contributed by atoms with E-state index in [0.29, 0.717) is 11.7 Å². The summed E-state index contributed by atoms with van der Waals surface area (Å²) < 4.78 is 0. The van der Waals surface area contributed by atoms with Crippen LogP contribution in [0.2, 0.25) is 0 Å². The van der Waals surface area contributed by atoms with E-state index in [4.69, 9.17) is 11.5 Å². The number of nitrogens with zero attached hydrogens (tertiary/aromatic N) is 2. The molecule has 1 atom stereocenters. The van der Waals surface area contributed by atoms with Gasteiger partial charge in [0.25, 0.3) is 0 Å². The summed E-state index contributed by atoms with van der Waals surface area (Å²) in [6.45, 7) is 0. The minimum atomic E-state index is 0.290. The maximum atomic E-state index is 5.97. The third-order valence-electron chi connectivity index (χ3n) is 3.79. The van der Waals surface area contributed by atoms with Crippen LogP contribution in [0.15, 0.2) is 30.3 Å². The van der Waals surface area contributed by atoms with Crippen LogP contribution >= 0.6 is 0 Å². The molecule has 1 aliphatic carbocycles. The van der Waals surface area contributed by atoms with Crippen molar-refractivity contribution < 1.29 is 0 Å². The van der Waals surface area contributed by atoms with Crippen molar-refractivity contribution in [3.8, 4) is 0 Å². The summed E-state index contributed by atoms with van der Waals surface area (Å²) in [5.74, 6) is 1.46. The SMILES string of the molecule is Nc1nc(N)c2c(n1)CCC(Cc1ccccc1)C2. The van der Waals surface area contributed by atoms with Gasteiger partial charge in [-0.1, -0.05) is 30.3 Å². The second-order valence-corrected chi connectivity index (χ2v) is 5.19. The number of hydrogen-bond donors (Lipinski definition) is 2. The molecule has 0 aliphatic heterocycles. The van der Waals surface area contributed by atoms with Crippen LogP contribution in [0.4, 0.5) is 11.8 Å². The molecule has 0 saturated carbocycles. The normalized spacial score (nSPS) is 18.0. The van der Waals surface area contributed by atoms with Gasteiger partial charge in [0.1, 0.15) is 5.82 Å². The molecule has 1 aromatic heterocycles. The van der Waals surface area contributed by atoms with Crippen LogP contribution in [0.1, 0.15) is 23.2 Å². The fourth-order valence-corrected chi connectivity index (χ4v) is 2.85. The Labute approximate surface area is 112 Å². The largest absolute Gasteiger partial charge is 0.383 e. The standard InChI is InChI=1S/C15H18N4/c16-14-12-9-11(8-10-4-2-1-3-5-10)6-7-13(12)18-15(17)19-14/h1-5,11H,6-9H2,(H4,16,17,18,19). The molecule has 4 nitrogen and oxygen atoms in total. The van der Waals surface area contributed by atoms with Crippen LogP contribution in [0.25, 0.3) is 0 Å². The predicted octanol–water partition coefficient (Wildman–Crippen LogP) is 1.99. The van der Waals surface area contributed by atoms with Crippen LogP contribution in [-0.2, 0) is 19.3 Å². The van der Waals surface area contributed by atoms with E-state index in [9.17, 15) is 0 Å². The van der Waals surface area contributed by atoms with E-state index in [1.54, 1.807) is 0 Å². The molecular weight excluding hydrogens is 236 g/mol. The van der Waals surface area contributed by atoms with Crippen molar-refractivity contribution in [3.05, 3.63) is 47.2 Å². The van der Waals surface area contributed by atoms with Gasteiger partial charge in [-0.05, 0) is 37.2 Å². The highest BCUT2D eigenvalue weighted by molar-refractivity contribution is 5.47. The second kappa shape index (κ2) is 4.88. The Hall–Kier alpha value is -2.10. The van der Waals surface area contributed by atoms with Crippen molar-refractivity contribution in [1.29, 1.82) is 0 Å². The molecule has 0 spiro atoms. The smallest absolute Gasteiger partial charge is 0.222 e. The topological polar surface area (TPSA) is 77.8 Å². The Bertz CT molecular complexity index is 580. The molecule has 1 unspecified atom stereocenters. The first-order chi connectivity index (χ1) is 9.22. The number of anilines is 2. The lowest BCUT2D eigenvalue weighted by Crippen LogP contribution is -2.20. The molecule has 3 rings (SSSR count). The van der Waals surface area contributed by atoms with Crippen LogP contribution in [-0.4, -0.2) is 9.97 Å². The predicted molar refractivity (Wildman–Crippen MR) is 76.5 cm³/mol. The first-order valence-electron chi connectivity index (χ1n) is 6.67. The van der Waals surface area contributed by atoms with E-state index in [2.05, 4.69) is 34.2 Å². The minimum absolute atomic E-state index is 0.290. The first-order valence-corrected chi connectivity index (χ1v) is 6.67. The van der Waals surface area contributed by atoms with Gasteiger partial charge in [0, 0.05) is 5.56 Å². The van der Waals surface area contributed by atoms with E-state index in [1.165, 1.54) is 5.56 Å². The van der Waals surface area contributed by atoms with E-state index < -0.39 is 0 Å². The summed E-state index contributed by atoms with van der Waals surface area (Å²) in [6, 6.07) is 10.6. The quantitative estimate of drug-likeness (QED) is 0.859. The molecule has 0 fully saturated rings. The molecule has 2 aromatic rings. The van der Waals surface area contributed by atoms with E-state index in [0.717, 1.165) is 36.9 Å². The fraction of sp³-hybridized carbons (Fsp3) is 0.333. The maximum Gasteiger partial charge on any atom is 0.222 e. The number of aryl methyl sites for hydroxylation is 1. The van der Waals surface area contributed by atoms with Gasteiger partial charge in [-0.25, -0.2) is 4.98 Å². The summed E-state index contributed by atoms with van der Waals surface area (Å²) in [6.07, 6.45) is 4.13. The summed E-state index contributed by atoms with van der Waals surface area (Å²) in [7, 11) is 0. The third kappa shape index (κ3) is 2.52. The number of fused-ring (bicyclic) bond motifs is 1. The Balaban J connectivity index is 1.79. The average Bonchev–Trinajstić information content (AvgIpc) is 2.40. The summed E-state index contributed by atoms with van der Waals surface area (Å²) in [5.41, 5.74) is 15.1. The highest BCUT2D eigenvalue weighted by Gasteiger charge is 2.23. The van der Waals surface area contributed by atoms with Crippen LogP contribution in [0.5, 0.6) is 0 Å². The number of aromatic nitrogens is 2. The Morgan fingerprint density at radius 1 is 1.11 bits per heavy atom. The lowest BCUT2D eigenvalue weighted by molar-refractivity contribution is 0.450. The zero-order valence-electron chi connectivity index (χ0n) is 10.8. The number of nitrogens with two attached hydrogens (primary N) is 2. The molecule has 4 N–H and O–H groups in total.